The lowest BCUT2D eigenvalue weighted by atomic mass is 10.0. The molecule has 0 atom stereocenters. The molecule has 0 radical (unpaired) electrons. The van der Waals surface area contributed by atoms with Gasteiger partial charge in [-0.05, 0) is 18.9 Å². The normalized spacial score (nSPS) is 17.5. The van der Waals surface area contributed by atoms with E-state index in [0.717, 1.165) is 25.9 Å². The Hall–Kier alpha value is -1.13. The molecule has 0 bridgehead atoms. The Morgan fingerprint density at radius 2 is 2.12 bits per heavy atom. The van der Waals surface area contributed by atoms with Crippen LogP contribution in [0, 0.1) is 5.82 Å². The van der Waals surface area contributed by atoms with E-state index in [9.17, 15) is 9.50 Å². The van der Waals surface area contributed by atoms with Gasteiger partial charge in [-0.1, -0.05) is 12.1 Å². The second-order valence-corrected chi connectivity index (χ2v) is 4.33. The van der Waals surface area contributed by atoms with Crippen LogP contribution in [-0.4, -0.2) is 31.4 Å². The van der Waals surface area contributed by atoms with Crippen LogP contribution in [0.4, 0.5) is 10.1 Å². The molecule has 3 nitrogen and oxygen atoms in total. The van der Waals surface area contributed by atoms with Crippen LogP contribution in [-0.2, 0) is 11.3 Å². The molecule has 0 unspecified atom stereocenters. The van der Waals surface area contributed by atoms with Crippen LogP contribution in [0.3, 0.4) is 0 Å². The minimum Gasteiger partial charge on any atom is -0.392 e. The van der Waals surface area contributed by atoms with Gasteiger partial charge in [0.2, 0.25) is 0 Å². The van der Waals surface area contributed by atoms with Crippen molar-refractivity contribution in [1.82, 2.24) is 0 Å². The average molecular weight is 239 g/mol. The Morgan fingerprint density at radius 3 is 2.71 bits per heavy atom. The minimum atomic E-state index is -0.257. The van der Waals surface area contributed by atoms with Gasteiger partial charge in [-0.2, -0.15) is 0 Å². The van der Waals surface area contributed by atoms with E-state index in [1.807, 2.05) is 4.90 Å². The lowest BCUT2D eigenvalue weighted by Crippen LogP contribution is -2.37. The molecule has 1 aromatic carbocycles. The molecule has 1 aliphatic heterocycles. The van der Waals surface area contributed by atoms with Crippen molar-refractivity contribution < 1.29 is 14.2 Å². The highest BCUT2D eigenvalue weighted by Gasteiger charge is 2.22. The number of para-hydroxylation sites is 1. The quantitative estimate of drug-likeness (QED) is 0.875. The standard InChI is InChI=1S/C13H18FNO2/c1-17-11-5-7-15(8-6-11)13-10(9-16)3-2-4-12(13)14/h2-4,11,16H,5-9H2,1H3. The predicted molar refractivity (Wildman–Crippen MR) is 64.6 cm³/mol. The van der Waals surface area contributed by atoms with Gasteiger partial charge in [0.15, 0.2) is 0 Å². The second-order valence-electron chi connectivity index (χ2n) is 4.33. The van der Waals surface area contributed by atoms with E-state index in [-0.39, 0.29) is 18.5 Å². The predicted octanol–water partition coefficient (Wildman–Crippen LogP) is 1.93. The molecule has 1 aromatic rings. The third kappa shape index (κ3) is 2.58. The van der Waals surface area contributed by atoms with Crippen molar-refractivity contribution in [2.45, 2.75) is 25.6 Å². The van der Waals surface area contributed by atoms with Gasteiger partial charge in [0.25, 0.3) is 0 Å². The number of rotatable bonds is 3. The van der Waals surface area contributed by atoms with Crippen LogP contribution < -0.4 is 4.90 Å². The van der Waals surface area contributed by atoms with E-state index < -0.39 is 0 Å². The number of halogens is 1. The Bertz CT molecular complexity index is 376. The lowest BCUT2D eigenvalue weighted by Gasteiger charge is -2.34. The highest BCUT2D eigenvalue weighted by molar-refractivity contribution is 5.55. The number of anilines is 1. The van der Waals surface area contributed by atoms with Gasteiger partial charge >= 0.3 is 0 Å². The fraction of sp³-hybridized carbons (Fsp3) is 0.538. The summed E-state index contributed by atoms with van der Waals surface area (Å²) in [5, 5.41) is 9.25. The SMILES string of the molecule is COC1CCN(c2c(F)cccc2CO)CC1. The van der Waals surface area contributed by atoms with E-state index >= 15 is 0 Å². The highest BCUT2D eigenvalue weighted by Crippen LogP contribution is 2.28. The molecule has 1 aliphatic rings. The molecule has 0 spiro atoms. The van der Waals surface area contributed by atoms with Crippen LogP contribution in [0.5, 0.6) is 0 Å². The lowest BCUT2D eigenvalue weighted by molar-refractivity contribution is 0.0817. The Labute approximate surface area is 101 Å². The summed E-state index contributed by atoms with van der Waals surface area (Å²) in [5.74, 6) is -0.257. The van der Waals surface area contributed by atoms with Gasteiger partial charge in [0.05, 0.1) is 18.4 Å². The number of ether oxygens (including phenoxy) is 1. The van der Waals surface area contributed by atoms with Crippen molar-refractivity contribution in [2.24, 2.45) is 0 Å². The molecule has 0 aromatic heterocycles. The Balaban J connectivity index is 2.17. The zero-order valence-corrected chi connectivity index (χ0v) is 10.0. The first kappa shape index (κ1) is 12.3. The van der Waals surface area contributed by atoms with Gasteiger partial charge in [0.1, 0.15) is 5.82 Å². The number of piperidine rings is 1. The zero-order chi connectivity index (χ0) is 12.3. The summed E-state index contributed by atoms with van der Waals surface area (Å²) in [7, 11) is 1.71. The summed E-state index contributed by atoms with van der Waals surface area (Å²) < 4.78 is 19.1. The van der Waals surface area contributed by atoms with Crippen LogP contribution in [0.25, 0.3) is 0 Å². The first-order chi connectivity index (χ1) is 8.26. The molecule has 94 valence electrons. The number of hydrogen-bond acceptors (Lipinski definition) is 3. The van der Waals surface area contributed by atoms with Crippen LogP contribution >= 0.6 is 0 Å². The van der Waals surface area contributed by atoms with Crippen molar-refractivity contribution in [2.75, 3.05) is 25.1 Å². The third-order valence-corrected chi connectivity index (χ3v) is 3.33. The van der Waals surface area contributed by atoms with E-state index in [2.05, 4.69) is 0 Å². The van der Waals surface area contributed by atoms with Gasteiger partial charge in [-0.3, -0.25) is 0 Å². The first-order valence-electron chi connectivity index (χ1n) is 5.92. The minimum absolute atomic E-state index is 0.128. The summed E-state index contributed by atoms with van der Waals surface area (Å²) in [6.07, 6.45) is 2.07. The molecular formula is C13H18FNO2. The number of aliphatic hydroxyl groups is 1. The van der Waals surface area contributed by atoms with E-state index in [0.29, 0.717) is 11.3 Å². The van der Waals surface area contributed by atoms with Crippen molar-refractivity contribution in [3.05, 3.63) is 29.6 Å². The monoisotopic (exact) mass is 239 g/mol. The van der Waals surface area contributed by atoms with Crippen molar-refractivity contribution in [1.29, 1.82) is 0 Å². The molecule has 1 fully saturated rings. The molecule has 1 saturated heterocycles. The number of hydrogen-bond donors (Lipinski definition) is 1. The summed E-state index contributed by atoms with van der Waals surface area (Å²) in [6, 6.07) is 4.84. The fourth-order valence-corrected chi connectivity index (χ4v) is 2.36. The number of nitrogens with zero attached hydrogens (tertiary/aromatic N) is 1. The number of methoxy groups -OCH3 is 1. The van der Waals surface area contributed by atoms with Gasteiger partial charge in [-0.15, -0.1) is 0 Å². The summed E-state index contributed by atoms with van der Waals surface area (Å²) in [6.45, 7) is 1.41. The third-order valence-electron chi connectivity index (χ3n) is 3.33. The van der Waals surface area contributed by atoms with Crippen LogP contribution in [0.15, 0.2) is 18.2 Å². The van der Waals surface area contributed by atoms with E-state index in [1.165, 1.54) is 6.07 Å². The maximum atomic E-state index is 13.8. The molecule has 1 heterocycles. The maximum absolute atomic E-state index is 13.8. The first-order valence-corrected chi connectivity index (χ1v) is 5.92. The van der Waals surface area contributed by atoms with Crippen LogP contribution in [0.1, 0.15) is 18.4 Å². The molecule has 1 N–H and O–H groups in total. The van der Waals surface area contributed by atoms with Gasteiger partial charge in [-0.25, -0.2) is 4.39 Å². The van der Waals surface area contributed by atoms with Crippen LogP contribution in [0.2, 0.25) is 0 Å². The maximum Gasteiger partial charge on any atom is 0.146 e. The van der Waals surface area contributed by atoms with Gasteiger partial charge in [0, 0.05) is 25.8 Å². The van der Waals surface area contributed by atoms with E-state index in [1.54, 1.807) is 19.2 Å². The molecular weight excluding hydrogens is 221 g/mol. The second kappa shape index (κ2) is 5.47. The van der Waals surface area contributed by atoms with Crippen molar-refractivity contribution in [3.63, 3.8) is 0 Å². The fourth-order valence-electron chi connectivity index (χ4n) is 2.36. The van der Waals surface area contributed by atoms with E-state index in [4.69, 9.17) is 4.74 Å². The largest absolute Gasteiger partial charge is 0.392 e. The Morgan fingerprint density at radius 1 is 1.41 bits per heavy atom. The smallest absolute Gasteiger partial charge is 0.146 e. The number of aliphatic hydroxyl groups excluding tert-OH is 1. The molecule has 4 heteroatoms. The molecule has 17 heavy (non-hydrogen) atoms. The summed E-state index contributed by atoms with van der Waals surface area (Å²) in [4.78, 5) is 2.00. The highest BCUT2D eigenvalue weighted by atomic mass is 19.1. The van der Waals surface area contributed by atoms with Crippen molar-refractivity contribution in [3.8, 4) is 0 Å². The summed E-state index contributed by atoms with van der Waals surface area (Å²) in [5.41, 5.74) is 1.20. The Kier molecular flexibility index (Phi) is 3.97. The summed E-state index contributed by atoms with van der Waals surface area (Å²) >= 11 is 0. The van der Waals surface area contributed by atoms with Gasteiger partial charge < -0.3 is 14.7 Å². The zero-order valence-electron chi connectivity index (χ0n) is 10.0. The average Bonchev–Trinajstić information content (AvgIpc) is 2.38. The molecule has 0 amide bonds. The number of benzene rings is 1. The molecule has 0 aliphatic carbocycles. The topological polar surface area (TPSA) is 32.7 Å². The molecule has 0 saturated carbocycles. The molecule has 2 rings (SSSR count). The van der Waals surface area contributed by atoms with Crippen molar-refractivity contribution >= 4 is 5.69 Å².